The summed E-state index contributed by atoms with van der Waals surface area (Å²) in [4.78, 5) is 4.12. The van der Waals surface area contributed by atoms with E-state index in [1.165, 1.54) is 5.56 Å². The van der Waals surface area contributed by atoms with Crippen LogP contribution in [0.15, 0.2) is 37.2 Å². The van der Waals surface area contributed by atoms with Gasteiger partial charge in [-0.3, -0.25) is 4.98 Å². The highest BCUT2D eigenvalue weighted by molar-refractivity contribution is 5.12. The molecule has 2 nitrogen and oxygen atoms in total. The number of hydrogen-bond donors (Lipinski definition) is 1. The van der Waals surface area contributed by atoms with Gasteiger partial charge in [-0.05, 0) is 38.3 Å². The standard InChI is InChI=1S/C13H20N2/c1-4-5-7-11(2)15-12(3)13-8-6-9-14-10-13/h4,6,8-12,15H,1,5,7H2,2-3H3/t11?,12-/m1/s1. The molecule has 0 saturated carbocycles. The number of nitrogens with zero attached hydrogens (tertiary/aromatic N) is 1. The van der Waals surface area contributed by atoms with Crippen molar-refractivity contribution in [3.05, 3.63) is 42.7 Å². The van der Waals surface area contributed by atoms with Crippen LogP contribution < -0.4 is 5.32 Å². The zero-order chi connectivity index (χ0) is 11.1. The summed E-state index contributed by atoms with van der Waals surface area (Å²) < 4.78 is 0. The zero-order valence-electron chi connectivity index (χ0n) is 9.61. The van der Waals surface area contributed by atoms with Crippen LogP contribution in [0, 0.1) is 0 Å². The molecule has 0 aromatic carbocycles. The lowest BCUT2D eigenvalue weighted by Gasteiger charge is -2.19. The summed E-state index contributed by atoms with van der Waals surface area (Å²) in [5, 5.41) is 3.54. The molecule has 2 heteroatoms. The molecule has 0 spiro atoms. The maximum absolute atomic E-state index is 4.12. The van der Waals surface area contributed by atoms with Crippen LogP contribution in [0.25, 0.3) is 0 Å². The second-order valence-electron chi connectivity index (χ2n) is 3.94. The van der Waals surface area contributed by atoms with Gasteiger partial charge in [0, 0.05) is 24.5 Å². The molecule has 15 heavy (non-hydrogen) atoms. The van der Waals surface area contributed by atoms with Gasteiger partial charge in [-0.25, -0.2) is 0 Å². The smallest absolute Gasteiger partial charge is 0.0315 e. The van der Waals surface area contributed by atoms with Crippen molar-refractivity contribution in [3.63, 3.8) is 0 Å². The summed E-state index contributed by atoms with van der Waals surface area (Å²) in [7, 11) is 0. The molecule has 0 aliphatic carbocycles. The van der Waals surface area contributed by atoms with Crippen molar-refractivity contribution >= 4 is 0 Å². The summed E-state index contributed by atoms with van der Waals surface area (Å²) in [6.45, 7) is 8.10. The summed E-state index contributed by atoms with van der Waals surface area (Å²) in [6.07, 6.45) is 7.88. The second-order valence-corrected chi connectivity index (χ2v) is 3.94. The molecule has 0 amide bonds. The van der Waals surface area contributed by atoms with Crippen molar-refractivity contribution in [3.8, 4) is 0 Å². The van der Waals surface area contributed by atoms with E-state index in [9.17, 15) is 0 Å². The second kappa shape index (κ2) is 6.36. The molecule has 0 fully saturated rings. The Kier molecular flexibility index (Phi) is 5.05. The fourth-order valence-electron chi connectivity index (χ4n) is 1.61. The van der Waals surface area contributed by atoms with Gasteiger partial charge >= 0.3 is 0 Å². The minimum atomic E-state index is 0.360. The lowest BCUT2D eigenvalue weighted by atomic mass is 10.1. The molecule has 1 unspecified atom stereocenters. The summed E-state index contributed by atoms with van der Waals surface area (Å²) in [5.74, 6) is 0. The zero-order valence-corrected chi connectivity index (χ0v) is 9.61. The van der Waals surface area contributed by atoms with Gasteiger partial charge in [-0.2, -0.15) is 0 Å². The van der Waals surface area contributed by atoms with Crippen LogP contribution in [0.4, 0.5) is 0 Å². The Hall–Kier alpha value is -1.15. The minimum absolute atomic E-state index is 0.360. The molecule has 82 valence electrons. The molecular weight excluding hydrogens is 184 g/mol. The molecule has 0 aliphatic heterocycles. The van der Waals surface area contributed by atoms with E-state index in [0.717, 1.165) is 12.8 Å². The molecule has 1 heterocycles. The number of nitrogens with one attached hydrogen (secondary N) is 1. The predicted octanol–water partition coefficient (Wildman–Crippen LogP) is 3.09. The van der Waals surface area contributed by atoms with Crippen molar-refractivity contribution in [2.24, 2.45) is 0 Å². The molecule has 0 radical (unpaired) electrons. The van der Waals surface area contributed by atoms with Crippen molar-refractivity contribution in [2.45, 2.75) is 38.8 Å². The number of hydrogen-bond acceptors (Lipinski definition) is 2. The van der Waals surface area contributed by atoms with E-state index in [2.05, 4.69) is 36.8 Å². The fourth-order valence-corrected chi connectivity index (χ4v) is 1.61. The summed E-state index contributed by atoms with van der Waals surface area (Å²) in [5.41, 5.74) is 1.24. The molecular formula is C13H20N2. The van der Waals surface area contributed by atoms with E-state index in [1.807, 2.05) is 18.3 Å². The van der Waals surface area contributed by atoms with Crippen molar-refractivity contribution < 1.29 is 0 Å². The minimum Gasteiger partial charge on any atom is -0.308 e. The Bertz CT molecular complexity index is 282. The molecule has 0 saturated heterocycles. The highest BCUT2D eigenvalue weighted by Crippen LogP contribution is 2.12. The first kappa shape index (κ1) is 11.9. The third-order valence-electron chi connectivity index (χ3n) is 2.52. The summed E-state index contributed by atoms with van der Waals surface area (Å²) >= 11 is 0. The number of allylic oxidation sites excluding steroid dienone is 1. The normalized spacial score (nSPS) is 14.5. The van der Waals surface area contributed by atoms with Crippen LogP contribution in [-0.2, 0) is 0 Å². The van der Waals surface area contributed by atoms with Crippen molar-refractivity contribution in [1.29, 1.82) is 0 Å². The van der Waals surface area contributed by atoms with Gasteiger partial charge in [-0.1, -0.05) is 12.1 Å². The van der Waals surface area contributed by atoms with Crippen molar-refractivity contribution in [1.82, 2.24) is 10.3 Å². The van der Waals surface area contributed by atoms with Crippen LogP contribution in [0.1, 0.15) is 38.3 Å². The van der Waals surface area contributed by atoms with E-state index in [1.54, 1.807) is 6.20 Å². The van der Waals surface area contributed by atoms with E-state index in [-0.39, 0.29) is 0 Å². The Balaban J connectivity index is 2.41. The molecule has 1 aromatic rings. The number of aromatic nitrogens is 1. The van der Waals surface area contributed by atoms with E-state index < -0.39 is 0 Å². The third kappa shape index (κ3) is 4.26. The van der Waals surface area contributed by atoms with Crippen LogP contribution in [0.2, 0.25) is 0 Å². The quantitative estimate of drug-likeness (QED) is 0.720. The van der Waals surface area contributed by atoms with E-state index in [4.69, 9.17) is 0 Å². The van der Waals surface area contributed by atoms with Gasteiger partial charge in [0.15, 0.2) is 0 Å². The number of pyridine rings is 1. The topological polar surface area (TPSA) is 24.9 Å². The summed E-state index contributed by atoms with van der Waals surface area (Å²) in [6, 6.07) is 4.95. The Morgan fingerprint density at radius 3 is 2.93 bits per heavy atom. The van der Waals surface area contributed by atoms with Crippen molar-refractivity contribution in [2.75, 3.05) is 0 Å². The number of rotatable bonds is 6. The molecule has 0 bridgehead atoms. The molecule has 1 N–H and O–H groups in total. The van der Waals surface area contributed by atoms with E-state index in [0.29, 0.717) is 12.1 Å². The van der Waals surface area contributed by atoms with Gasteiger partial charge in [0.05, 0.1) is 0 Å². The maximum atomic E-state index is 4.12. The van der Waals surface area contributed by atoms with Crippen LogP contribution in [0.3, 0.4) is 0 Å². The predicted molar refractivity (Wildman–Crippen MR) is 64.7 cm³/mol. The molecule has 1 rings (SSSR count). The fraction of sp³-hybridized carbons (Fsp3) is 0.462. The van der Waals surface area contributed by atoms with Crippen LogP contribution in [-0.4, -0.2) is 11.0 Å². The third-order valence-corrected chi connectivity index (χ3v) is 2.52. The maximum Gasteiger partial charge on any atom is 0.0315 e. The van der Waals surface area contributed by atoms with Gasteiger partial charge in [-0.15, -0.1) is 6.58 Å². The average molecular weight is 204 g/mol. The van der Waals surface area contributed by atoms with E-state index >= 15 is 0 Å². The first-order valence-electron chi connectivity index (χ1n) is 5.51. The Morgan fingerprint density at radius 2 is 2.33 bits per heavy atom. The largest absolute Gasteiger partial charge is 0.308 e. The molecule has 0 aliphatic rings. The molecule has 1 aromatic heterocycles. The first-order valence-corrected chi connectivity index (χ1v) is 5.51. The highest BCUT2D eigenvalue weighted by Gasteiger charge is 2.08. The van der Waals surface area contributed by atoms with Gasteiger partial charge in [0.2, 0.25) is 0 Å². The Labute approximate surface area is 92.4 Å². The highest BCUT2D eigenvalue weighted by atomic mass is 14.9. The van der Waals surface area contributed by atoms with Gasteiger partial charge in [0.1, 0.15) is 0 Å². The average Bonchev–Trinajstić information content (AvgIpc) is 2.27. The van der Waals surface area contributed by atoms with Gasteiger partial charge in [0.25, 0.3) is 0 Å². The SMILES string of the molecule is C=CCCC(C)N[C@H](C)c1cccnc1. The van der Waals surface area contributed by atoms with Crippen LogP contribution >= 0.6 is 0 Å². The molecule has 2 atom stereocenters. The lowest BCUT2D eigenvalue weighted by molar-refractivity contribution is 0.458. The first-order chi connectivity index (χ1) is 7.24. The van der Waals surface area contributed by atoms with Gasteiger partial charge < -0.3 is 5.32 Å². The lowest BCUT2D eigenvalue weighted by Crippen LogP contribution is -2.28. The van der Waals surface area contributed by atoms with Crippen LogP contribution in [0.5, 0.6) is 0 Å². The Morgan fingerprint density at radius 1 is 1.53 bits per heavy atom. The monoisotopic (exact) mass is 204 g/mol.